The fourth-order valence-corrected chi connectivity index (χ4v) is 7.55. The number of carbonyl (C=O) groups excluding carboxylic acids is 7. The molecular formula is C40H54N8O11. The van der Waals surface area contributed by atoms with Crippen molar-refractivity contribution in [3.63, 3.8) is 0 Å². The van der Waals surface area contributed by atoms with Gasteiger partial charge in [-0.15, -0.1) is 0 Å². The average Bonchev–Trinajstić information content (AvgIpc) is 3.80. The van der Waals surface area contributed by atoms with E-state index in [1.807, 2.05) is 0 Å². The van der Waals surface area contributed by atoms with Gasteiger partial charge in [-0.1, -0.05) is 30.3 Å². The molecule has 11 N–H and O–H groups in total. The minimum Gasteiger partial charge on any atom is -0.508 e. The minimum absolute atomic E-state index is 0.00792. The van der Waals surface area contributed by atoms with Crippen LogP contribution in [0.5, 0.6) is 5.75 Å². The van der Waals surface area contributed by atoms with E-state index in [1.54, 1.807) is 30.3 Å². The molecule has 3 aliphatic heterocycles. The van der Waals surface area contributed by atoms with Gasteiger partial charge >= 0.3 is 0 Å². The van der Waals surface area contributed by atoms with Crippen LogP contribution in [0.15, 0.2) is 54.6 Å². The first-order chi connectivity index (χ1) is 28.0. The number of amides is 7. The van der Waals surface area contributed by atoms with Crippen LogP contribution in [-0.4, -0.2) is 152 Å². The number of aryl methyl sites for hydroxylation is 1. The monoisotopic (exact) mass is 822 g/mol. The van der Waals surface area contributed by atoms with Gasteiger partial charge in [0.05, 0.1) is 18.3 Å². The third kappa shape index (κ3) is 11.3. The van der Waals surface area contributed by atoms with Crippen LogP contribution in [0.2, 0.25) is 0 Å². The molecule has 3 saturated heterocycles. The Labute approximate surface area is 341 Å². The standard InChI is InChI=1S/C40H54N8O11/c1-21(49)32-39(58)47-19-25(41)17-30(47)37(56)42-16-6-9-28(43-34(53)24-7-4-3-5-8-24)35(54)45-33(22(2)50)40(59)48-20-27(52)18-31(48)38(57)44-29(36(55)46-32)15-12-23-10-13-26(51)14-11-23/h3-5,7-8,10-11,13-14,21-22,25,27-33,49-52H,6,9,12,15-20,41H2,1-2H3,(H,42,56)(H,43,53)(H,44,57)(H,45,54)(H,46,55)/t21-,22-,25+,27-,28+,29+,30+,31+,32+,33+/m1/s1. The number of hydrogen-bond acceptors (Lipinski definition) is 12. The van der Waals surface area contributed by atoms with Gasteiger partial charge in [-0.25, -0.2) is 0 Å². The lowest BCUT2D eigenvalue weighted by Crippen LogP contribution is -2.61. The van der Waals surface area contributed by atoms with Gasteiger partial charge in [-0.05, 0) is 75.8 Å². The summed E-state index contributed by atoms with van der Waals surface area (Å²) in [6, 6.07) is 5.23. The van der Waals surface area contributed by atoms with Gasteiger partial charge in [-0.3, -0.25) is 33.6 Å². The van der Waals surface area contributed by atoms with Crippen LogP contribution in [0.25, 0.3) is 0 Å². The number of phenolic OH excluding ortho intramolecular Hbond substituents is 1. The van der Waals surface area contributed by atoms with E-state index in [9.17, 15) is 54.0 Å². The smallest absolute Gasteiger partial charge is 0.251 e. The maximum absolute atomic E-state index is 14.1. The molecule has 7 amide bonds. The number of carbonyl (C=O) groups is 7. The van der Waals surface area contributed by atoms with E-state index in [2.05, 4.69) is 26.6 Å². The van der Waals surface area contributed by atoms with Gasteiger partial charge in [0.25, 0.3) is 5.91 Å². The van der Waals surface area contributed by atoms with Gasteiger partial charge in [0.2, 0.25) is 35.4 Å². The lowest BCUT2D eigenvalue weighted by molar-refractivity contribution is -0.145. The zero-order chi connectivity index (χ0) is 43.0. The predicted octanol–water partition coefficient (Wildman–Crippen LogP) is -2.86. The second kappa shape index (κ2) is 19.9. The topological polar surface area (TPSA) is 293 Å². The van der Waals surface area contributed by atoms with Gasteiger partial charge < -0.3 is 62.5 Å². The molecule has 0 unspecified atom stereocenters. The van der Waals surface area contributed by atoms with Crippen molar-refractivity contribution in [1.82, 2.24) is 36.4 Å². The second-order valence-corrected chi connectivity index (χ2v) is 15.4. The number of nitrogens with two attached hydrogens (primary N) is 1. The summed E-state index contributed by atoms with van der Waals surface area (Å²) in [5, 5.41) is 55.1. The zero-order valence-electron chi connectivity index (χ0n) is 33.0. The van der Waals surface area contributed by atoms with Crippen molar-refractivity contribution < 1.29 is 54.0 Å². The maximum atomic E-state index is 14.1. The molecule has 10 atom stereocenters. The Morgan fingerprint density at radius 3 is 2.02 bits per heavy atom. The summed E-state index contributed by atoms with van der Waals surface area (Å²) < 4.78 is 0. The number of aromatic hydroxyl groups is 1. The van der Waals surface area contributed by atoms with Crippen LogP contribution in [-0.2, 0) is 35.2 Å². The number of aliphatic hydroxyl groups is 3. The number of rotatable bonds is 7. The molecule has 3 heterocycles. The highest BCUT2D eigenvalue weighted by atomic mass is 16.3. The molecule has 3 aliphatic rings. The highest BCUT2D eigenvalue weighted by Crippen LogP contribution is 2.23. The second-order valence-electron chi connectivity index (χ2n) is 15.4. The lowest BCUT2D eigenvalue weighted by atomic mass is 10.0. The molecule has 2 aromatic carbocycles. The summed E-state index contributed by atoms with van der Waals surface area (Å²) in [4.78, 5) is 99.1. The zero-order valence-corrected chi connectivity index (χ0v) is 33.0. The first kappa shape index (κ1) is 44.5. The van der Waals surface area contributed by atoms with Crippen molar-refractivity contribution in [2.75, 3.05) is 19.6 Å². The highest BCUT2D eigenvalue weighted by molar-refractivity contribution is 6.00. The van der Waals surface area contributed by atoms with E-state index < -0.39 is 102 Å². The van der Waals surface area contributed by atoms with Crippen LogP contribution in [0.4, 0.5) is 0 Å². The van der Waals surface area contributed by atoms with Crippen molar-refractivity contribution in [3.05, 3.63) is 65.7 Å². The molecule has 19 heteroatoms. The number of nitrogens with one attached hydrogen (secondary N) is 5. The maximum Gasteiger partial charge on any atom is 0.251 e. The average molecular weight is 823 g/mol. The first-order valence-corrected chi connectivity index (χ1v) is 19.8. The van der Waals surface area contributed by atoms with E-state index in [1.165, 1.54) is 43.0 Å². The summed E-state index contributed by atoms with van der Waals surface area (Å²) in [5.74, 6) is -5.48. The molecule has 320 valence electrons. The fraction of sp³-hybridized carbons (Fsp3) is 0.525. The van der Waals surface area contributed by atoms with Crippen molar-refractivity contribution in [3.8, 4) is 5.75 Å². The Balaban J connectivity index is 1.49. The van der Waals surface area contributed by atoms with Crippen molar-refractivity contribution >= 4 is 41.4 Å². The van der Waals surface area contributed by atoms with Crippen molar-refractivity contribution in [2.24, 2.45) is 5.73 Å². The summed E-state index contributed by atoms with van der Waals surface area (Å²) in [5.41, 5.74) is 7.13. The number of hydrogen-bond donors (Lipinski definition) is 10. The Morgan fingerprint density at radius 1 is 0.797 bits per heavy atom. The molecule has 0 aromatic heterocycles. The van der Waals surface area contributed by atoms with Gasteiger partial charge in [0.15, 0.2) is 0 Å². The number of fused-ring (bicyclic) bond motifs is 2. The van der Waals surface area contributed by atoms with E-state index >= 15 is 0 Å². The molecule has 5 rings (SSSR count). The molecular weight excluding hydrogens is 768 g/mol. The Morgan fingerprint density at radius 2 is 1.39 bits per heavy atom. The summed E-state index contributed by atoms with van der Waals surface area (Å²) in [7, 11) is 0. The number of benzene rings is 2. The Kier molecular flexibility index (Phi) is 15.0. The van der Waals surface area contributed by atoms with Crippen LogP contribution >= 0.6 is 0 Å². The molecule has 2 aromatic rings. The molecule has 0 radical (unpaired) electrons. The summed E-state index contributed by atoms with van der Waals surface area (Å²) >= 11 is 0. The summed E-state index contributed by atoms with van der Waals surface area (Å²) in [6.07, 6.45) is -4.17. The van der Waals surface area contributed by atoms with E-state index in [4.69, 9.17) is 5.73 Å². The number of aliphatic hydroxyl groups excluding tert-OH is 3. The molecule has 0 bridgehead atoms. The molecule has 0 aliphatic carbocycles. The number of phenols is 1. The third-order valence-corrected chi connectivity index (χ3v) is 10.8. The molecule has 19 nitrogen and oxygen atoms in total. The van der Waals surface area contributed by atoms with E-state index in [-0.39, 0.29) is 69.5 Å². The lowest BCUT2D eigenvalue weighted by Gasteiger charge is -2.32. The highest BCUT2D eigenvalue weighted by Gasteiger charge is 2.45. The van der Waals surface area contributed by atoms with E-state index in [0.717, 1.165) is 4.90 Å². The number of nitrogens with zero attached hydrogens (tertiary/aromatic N) is 2. The van der Waals surface area contributed by atoms with Crippen LogP contribution in [0.1, 0.15) is 61.9 Å². The van der Waals surface area contributed by atoms with Crippen LogP contribution in [0.3, 0.4) is 0 Å². The Bertz CT molecular complexity index is 1850. The predicted molar refractivity (Wildman–Crippen MR) is 210 cm³/mol. The summed E-state index contributed by atoms with van der Waals surface area (Å²) in [6.45, 7) is 2.09. The molecule has 59 heavy (non-hydrogen) atoms. The Hall–Kier alpha value is -5.63. The van der Waals surface area contributed by atoms with Crippen molar-refractivity contribution in [1.29, 1.82) is 0 Å². The molecule has 0 spiro atoms. The normalized spacial score (nSPS) is 28.8. The SMILES string of the molecule is C[C@@H](O)[C@@H]1NC(=O)[C@H](CCc2ccc(O)cc2)NC(=O)[C@@H]2C[C@@H](O)CN2C(=O)[C@H]([C@@H](C)O)NC(=O)[C@@H](NC(=O)c2ccccc2)CCCNC(=O)[C@@H]2C[C@H](N)CN2C1=O. The van der Waals surface area contributed by atoms with E-state index in [0.29, 0.717) is 5.56 Å². The minimum atomic E-state index is -1.64. The largest absolute Gasteiger partial charge is 0.508 e. The first-order valence-electron chi connectivity index (χ1n) is 19.8. The third-order valence-electron chi connectivity index (χ3n) is 10.8. The van der Waals surface area contributed by atoms with Gasteiger partial charge in [-0.2, -0.15) is 0 Å². The van der Waals surface area contributed by atoms with Gasteiger partial charge in [0, 0.05) is 37.7 Å². The molecule has 3 fully saturated rings. The quantitative estimate of drug-likeness (QED) is 0.135. The molecule has 0 saturated carbocycles. The van der Waals surface area contributed by atoms with Crippen LogP contribution < -0.4 is 32.3 Å². The fourth-order valence-electron chi connectivity index (χ4n) is 7.55. The van der Waals surface area contributed by atoms with Crippen molar-refractivity contribution in [2.45, 2.75) is 113 Å². The van der Waals surface area contributed by atoms with Crippen LogP contribution in [0, 0.1) is 0 Å². The van der Waals surface area contributed by atoms with Gasteiger partial charge in [0.1, 0.15) is 42.0 Å².